The summed E-state index contributed by atoms with van der Waals surface area (Å²) < 4.78 is 4.47. The molecule has 0 aliphatic carbocycles. The highest BCUT2D eigenvalue weighted by Gasteiger charge is 2.04. The predicted molar refractivity (Wildman–Crippen MR) is 76.8 cm³/mol. The summed E-state index contributed by atoms with van der Waals surface area (Å²) in [5, 5.41) is 8.90. The number of aromatic nitrogens is 2. The van der Waals surface area contributed by atoms with Gasteiger partial charge in [0.15, 0.2) is 0 Å². The van der Waals surface area contributed by atoms with E-state index in [0.717, 1.165) is 0 Å². The van der Waals surface area contributed by atoms with Crippen molar-refractivity contribution >= 4 is 35.1 Å². The number of carboxylic acids is 1. The molecule has 2 aromatic rings. The number of nitrogens with zero attached hydrogens (tertiary/aromatic N) is 2. The number of carbonyl (C=O) groups is 2. The van der Waals surface area contributed by atoms with Gasteiger partial charge in [0.05, 0.1) is 18.2 Å². The zero-order valence-corrected chi connectivity index (χ0v) is 12.3. The first-order valence-corrected chi connectivity index (χ1v) is 6.24. The summed E-state index contributed by atoms with van der Waals surface area (Å²) in [7, 11) is 1.32. The number of rotatable bonds is 2. The average Bonchev–Trinajstić information content (AvgIpc) is 2.47. The Labute approximate surface area is 130 Å². The third-order valence-electron chi connectivity index (χ3n) is 2.12. The molecule has 0 saturated carbocycles. The summed E-state index contributed by atoms with van der Waals surface area (Å²) in [6.07, 6.45) is 2.81. The van der Waals surface area contributed by atoms with Gasteiger partial charge in [0.2, 0.25) is 0 Å². The minimum Gasteiger partial charge on any atom is -0.478 e. The number of halogens is 2. The molecule has 0 amide bonds. The minimum absolute atomic E-state index is 0.153. The lowest BCUT2D eigenvalue weighted by atomic mass is 10.3. The van der Waals surface area contributed by atoms with Gasteiger partial charge in [0.25, 0.3) is 0 Å². The highest BCUT2D eigenvalue weighted by atomic mass is 35.5. The molecule has 0 unspecified atom stereocenters. The molecule has 1 N–H and O–H groups in total. The van der Waals surface area contributed by atoms with Crippen LogP contribution in [0, 0.1) is 0 Å². The monoisotopic (exact) mass is 328 g/mol. The SMILES string of the molecule is COC(=O)c1ccnc(Cl)c1.O=C(O)c1ccnc(Cl)c1. The van der Waals surface area contributed by atoms with Crippen LogP contribution in [0.15, 0.2) is 36.7 Å². The summed E-state index contributed by atoms with van der Waals surface area (Å²) >= 11 is 10.9. The number of esters is 1. The van der Waals surface area contributed by atoms with Crippen LogP contribution in [0.1, 0.15) is 20.7 Å². The predicted octanol–water partition coefficient (Wildman–Crippen LogP) is 2.95. The molecule has 2 aromatic heterocycles. The maximum absolute atomic E-state index is 10.9. The topological polar surface area (TPSA) is 89.4 Å². The number of pyridine rings is 2. The van der Waals surface area contributed by atoms with E-state index in [1.165, 1.54) is 43.8 Å². The lowest BCUT2D eigenvalue weighted by molar-refractivity contribution is 0.0599. The fourth-order valence-electron chi connectivity index (χ4n) is 1.18. The fourth-order valence-corrected chi connectivity index (χ4v) is 1.53. The van der Waals surface area contributed by atoms with Gasteiger partial charge in [-0.2, -0.15) is 0 Å². The van der Waals surface area contributed by atoms with Gasteiger partial charge in [-0.25, -0.2) is 19.6 Å². The second-order valence-corrected chi connectivity index (χ2v) is 4.31. The normalized spacial score (nSPS) is 9.29. The van der Waals surface area contributed by atoms with Gasteiger partial charge in [-0.1, -0.05) is 23.2 Å². The zero-order valence-electron chi connectivity index (χ0n) is 10.8. The van der Waals surface area contributed by atoms with E-state index in [0.29, 0.717) is 5.56 Å². The highest BCUT2D eigenvalue weighted by molar-refractivity contribution is 6.30. The lowest BCUT2D eigenvalue weighted by Gasteiger charge is -1.96. The Balaban J connectivity index is 0.000000211. The van der Waals surface area contributed by atoms with Crippen molar-refractivity contribution in [3.63, 3.8) is 0 Å². The Hall–Kier alpha value is -2.18. The first-order chi connectivity index (χ1) is 9.93. The molecule has 110 valence electrons. The van der Waals surface area contributed by atoms with Crippen LogP contribution in [0.25, 0.3) is 0 Å². The number of ether oxygens (including phenoxy) is 1. The highest BCUT2D eigenvalue weighted by Crippen LogP contribution is 2.07. The molecule has 2 heterocycles. The molecule has 0 aliphatic heterocycles. The molecular formula is C13H10Cl2N2O4. The number of carbonyl (C=O) groups excluding carboxylic acids is 1. The molecule has 0 aromatic carbocycles. The van der Waals surface area contributed by atoms with Gasteiger partial charge >= 0.3 is 11.9 Å². The standard InChI is InChI=1S/C7H6ClNO2.C6H4ClNO2/c1-11-7(10)5-2-3-9-6(8)4-5;7-5-3-4(6(9)10)1-2-8-5/h2-4H,1H3;1-3H,(H,9,10). The second-order valence-electron chi connectivity index (χ2n) is 3.53. The molecule has 0 radical (unpaired) electrons. The minimum atomic E-state index is -0.996. The van der Waals surface area contributed by atoms with Crippen LogP contribution < -0.4 is 0 Å². The maximum atomic E-state index is 10.9. The van der Waals surface area contributed by atoms with Crippen molar-refractivity contribution in [1.29, 1.82) is 0 Å². The van der Waals surface area contributed by atoms with Crippen LogP contribution in [0.4, 0.5) is 0 Å². The molecular weight excluding hydrogens is 319 g/mol. The van der Waals surface area contributed by atoms with E-state index < -0.39 is 11.9 Å². The van der Waals surface area contributed by atoms with Crippen LogP contribution in [-0.4, -0.2) is 34.1 Å². The molecule has 6 nitrogen and oxygen atoms in total. The molecule has 2 rings (SSSR count). The third-order valence-corrected chi connectivity index (χ3v) is 2.53. The quantitative estimate of drug-likeness (QED) is 0.673. The van der Waals surface area contributed by atoms with E-state index in [9.17, 15) is 9.59 Å². The van der Waals surface area contributed by atoms with Gasteiger partial charge in [0.1, 0.15) is 10.3 Å². The number of hydrogen-bond donors (Lipinski definition) is 1. The van der Waals surface area contributed by atoms with Gasteiger partial charge in [-0.3, -0.25) is 0 Å². The van der Waals surface area contributed by atoms with Crippen molar-refractivity contribution < 1.29 is 19.4 Å². The van der Waals surface area contributed by atoms with Crippen molar-refractivity contribution in [2.45, 2.75) is 0 Å². The fraction of sp³-hybridized carbons (Fsp3) is 0.0769. The van der Waals surface area contributed by atoms with Crippen molar-refractivity contribution in [1.82, 2.24) is 9.97 Å². The molecule has 0 saturated heterocycles. The average molecular weight is 329 g/mol. The lowest BCUT2D eigenvalue weighted by Crippen LogP contribution is -2.00. The van der Waals surface area contributed by atoms with E-state index >= 15 is 0 Å². The van der Waals surface area contributed by atoms with Crippen LogP contribution >= 0.6 is 23.2 Å². The summed E-state index contributed by atoms with van der Waals surface area (Å²) in [5.74, 6) is -1.40. The smallest absolute Gasteiger partial charge is 0.338 e. The van der Waals surface area contributed by atoms with Gasteiger partial charge in [0, 0.05) is 12.4 Å². The van der Waals surface area contributed by atoms with Gasteiger partial charge < -0.3 is 9.84 Å². The van der Waals surface area contributed by atoms with Gasteiger partial charge in [-0.15, -0.1) is 0 Å². The van der Waals surface area contributed by atoms with Crippen LogP contribution in [0.3, 0.4) is 0 Å². The van der Waals surface area contributed by atoms with Crippen LogP contribution in [0.2, 0.25) is 10.3 Å². The van der Waals surface area contributed by atoms with Crippen LogP contribution in [0.5, 0.6) is 0 Å². The first-order valence-electron chi connectivity index (χ1n) is 5.48. The van der Waals surface area contributed by atoms with E-state index in [-0.39, 0.29) is 15.9 Å². The number of methoxy groups -OCH3 is 1. The molecule has 0 spiro atoms. The largest absolute Gasteiger partial charge is 0.478 e. The Morgan fingerprint density at radius 1 is 1.05 bits per heavy atom. The first kappa shape index (κ1) is 16.9. The second kappa shape index (κ2) is 8.18. The molecule has 0 bridgehead atoms. The Bertz CT molecular complexity index is 650. The van der Waals surface area contributed by atoms with Crippen LogP contribution in [-0.2, 0) is 4.74 Å². The summed E-state index contributed by atoms with van der Waals surface area (Å²) in [5.41, 5.74) is 0.563. The van der Waals surface area contributed by atoms with Crippen molar-refractivity contribution in [3.8, 4) is 0 Å². The Morgan fingerprint density at radius 3 is 1.90 bits per heavy atom. The Morgan fingerprint density at radius 2 is 1.52 bits per heavy atom. The molecule has 0 aliphatic rings. The third kappa shape index (κ3) is 5.76. The van der Waals surface area contributed by atoms with Crippen molar-refractivity contribution in [2.75, 3.05) is 7.11 Å². The van der Waals surface area contributed by atoms with E-state index in [1.54, 1.807) is 0 Å². The summed E-state index contributed by atoms with van der Waals surface area (Å²) in [6, 6.07) is 5.67. The van der Waals surface area contributed by atoms with Gasteiger partial charge in [-0.05, 0) is 24.3 Å². The Kier molecular flexibility index (Phi) is 6.58. The van der Waals surface area contributed by atoms with E-state index in [1.807, 2.05) is 0 Å². The van der Waals surface area contributed by atoms with E-state index in [2.05, 4.69) is 14.7 Å². The molecule has 21 heavy (non-hydrogen) atoms. The number of carboxylic acid groups (broad SMARTS) is 1. The molecule has 0 atom stereocenters. The summed E-state index contributed by atoms with van der Waals surface area (Å²) in [6.45, 7) is 0. The number of hydrogen-bond acceptors (Lipinski definition) is 5. The van der Waals surface area contributed by atoms with E-state index in [4.69, 9.17) is 28.3 Å². The molecule has 8 heteroatoms. The zero-order chi connectivity index (χ0) is 15.8. The van der Waals surface area contributed by atoms with Crippen molar-refractivity contribution in [3.05, 3.63) is 58.1 Å². The van der Waals surface area contributed by atoms with Crippen molar-refractivity contribution in [2.24, 2.45) is 0 Å². The molecule has 0 fully saturated rings. The number of aromatic carboxylic acids is 1. The maximum Gasteiger partial charge on any atom is 0.338 e. The summed E-state index contributed by atoms with van der Waals surface area (Å²) in [4.78, 5) is 28.5.